The van der Waals surface area contributed by atoms with Gasteiger partial charge in [-0.25, -0.2) is 4.79 Å². The summed E-state index contributed by atoms with van der Waals surface area (Å²) in [5.41, 5.74) is -0.504. The molecule has 7 heteroatoms. The molecule has 0 spiro atoms. The largest absolute Gasteiger partial charge is 0.477 e. The first-order chi connectivity index (χ1) is 8.43. The molecule has 1 N–H and O–H groups in total. The molecule has 0 fully saturated rings. The summed E-state index contributed by atoms with van der Waals surface area (Å²) in [7, 11) is 0. The van der Waals surface area contributed by atoms with Crippen molar-refractivity contribution in [2.24, 2.45) is 0 Å². The normalized spacial score (nSPS) is 11.2. The van der Waals surface area contributed by atoms with Gasteiger partial charge in [-0.1, -0.05) is 15.9 Å². The average molecular weight is 318 g/mol. The highest BCUT2D eigenvalue weighted by Gasteiger charge is 2.12. The zero-order valence-electron chi connectivity index (χ0n) is 8.73. The lowest BCUT2D eigenvalue weighted by Gasteiger charge is -2.08. The SMILES string of the molecule is N#C/C(=C\c1cc(Br)ccc1OC(F)F)C(=O)O. The molecule has 0 aliphatic carbocycles. The highest BCUT2D eigenvalue weighted by atomic mass is 79.9. The Morgan fingerprint density at radius 1 is 1.56 bits per heavy atom. The Hall–Kier alpha value is -1.94. The Morgan fingerprint density at radius 3 is 2.72 bits per heavy atom. The summed E-state index contributed by atoms with van der Waals surface area (Å²) in [5, 5.41) is 17.3. The van der Waals surface area contributed by atoms with Crippen molar-refractivity contribution in [2.75, 3.05) is 0 Å². The number of rotatable bonds is 4. The van der Waals surface area contributed by atoms with E-state index in [0.29, 0.717) is 4.47 Å². The van der Waals surface area contributed by atoms with Crippen molar-refractivity contribution in [1.82, 2.24) is 0 Å². The maximum absolute atomic E-state index is 12.1. The van der Waals surface area contributed by atoms with E-state index in [0.717, 1.165) is 6.08 Å². The quantitative estimate of drug-likeness (QED) is 0.684. The van der Waals surface area contributed by atoms with Crippen molar-refractivity contribution < 1.29 is 23.4 Å². The van der Waals surface area contributed by atoms with Crippen LogP contribution in [0, 0.1) is 11.3 Å². The van der Waals surface area contributed by atoms with E-state index in [-0.39, 0.29) is 11.3 Å². The number of carboxylic acids is 1. The van der Waals surface area contributed by atoms with Gasteiger partial charge in [0.05, 0.1) is 0 Å². The molecule has 0 bridgehead atoms. The monoisotopic (exact) mass is 317 g/mol. The van der Waals surface area contributed by atoms with Gasteiger partial charge >= 0.3 is 12.6 Å². The summed E-state index contributed by atoms with van der Waals surface area (Å²) in [6.07, 6.45) is 0.963. The molecule has 0 saturated carbocycles. The minimum Gasteiger partial charge on any atom is -0.477 e. The maximum Gasteiger partial charge on any atom is 0.387 e. The molecule has 0 amide bonds. The third kappa shape index (κ3) is 3.82. The van der Waals surface area contributed by atoms with Gasteiger partial charge in [-0.15, -0.1) is 0 Å². The van der Waals surface area contributed by atoms with E-state index < -0.39 is 18.2 Å². The van der Waals surface area contributed by atoms with Gasteiger partial charge in [-0.05, 0) is 24.3 Å². The smallest absolute Gasteiger partial charge is 0.387 e. The number of benzene rings is 1. The zero-order valence-corrected chi connectivity index (χ0v) is 10.3. The van der Waals surface area contributed by atoms with E-state index in [1.54, 1.807) is 0 Å². The van der Waals surface area contributed by atoms with E-state index in [9.17, 15) is 13.6 Å². The predicted octanol–water partition coefficient (Wildman–Crippen LogP) is 3.04. The topological polar surface area (TPSA) is 70.3 Å². The molecule has 0 aliphatic heterocycles. The molecular weight excluding hydrogens is 312 g/mol. The molecular formula is C11H6BrF2NO3. The molecule has 94 valence electrons. The van der Waals surface area contributed by atoms with Crippen molar-refractivity contribution in [3.8, 4) is 11.8 Å². The van der Waals surface area contributed by atoms with E-state index in [1.807, 2.05) is 0 Å². The third-order valence-electron chi connectivity index (χ3n) is 1.84. The first kappa shape index (κ1) is 14.1. The van der Waals surface area contributed by atoms with E-state index in [2.05, 4.69) is 20.7 Å². The van der Waals surface area contributed by atoms with Crippen LogP contribution in [0.3, 0.4) is 0 Å². The van der Waals surface area contributed by atoms with Crippen molar-refractivity contribution in [3.63, 3.8) is 0 Å². The van der Waals surface area contributed by atoms with Crippen molar-refractivity contribution >= 4 is 28.0 Å². The summed E-state index contributed by atoms with van der Waals surface area (Å²) in [6.45, 7) is -3.03. The average Bonchev–Trinajstić information content (AvgIpc) is 2.28. The molecule has 1 aromatic rings. The molecule has 0 atom stereocenters. The fourth-order valence-electron chi connectivity index (χ4n) is 1.13. The molecule has 4 nitrogen and oxygen atoms in total. The summed E-state index contributed by atoms with van der Waals surface area (Å²) >= 11 is 3.11. The van der Waals surface area contributed by atoms with E-state index in [4.69, 9.17) is 10.4 Å². The molecule has 0 aromatic heterocycles. The van der Waals surface area contributed by atoms with Gasteiger partial charge in [0.25, 0.3) is 0 Å². The van der Waals surface area contributed by atoms with Crippen molar-refractivity contribution in [3.05, 3.63) is 33.8 Å². The highest BCUT2D eigenvalue weighted by molar-refractivity contribution is 9.10. The van der Waals surface area contributed by atoms with Gasteiger partial charge in [-0.3, -0.25) is 0 Å². The number of aliphatic carboxylic acids is 1. The van der Waals surface area contributed by atoms with Crippen LogP contribution < -0.4 is 4.74 Å². The van der Waals surface area contributed by atoms with Crippen LogP contribution >= 0.6 is 15.9 Å². The minimum absolute atomic E-state index is 0.0728. The van der Waals surface area contributed by atoms with Crippen LogP contribution in [0.1, 0.15) is 5.56 Å². The van der Waals surface area contributed by atoms with Crippen molar-refractivity contribution in [1.29, 1.82) is 5.26 Å². The Balaban J connectivity index is 3.25. The maximum atomic E-state index is 12.1. The van der Waals surface area contributed by atoms with E-state index in [1.165, 1.54) is 24.3 Å². The second-order valence-corrected chi connectivity index (χ2v) is 3.95. The van der Waals surface area contributed by atoms with Crippen LogP contribution in [0.25, 0.3) is 6.08 Å². The molecule has 0 radical (unpaired) electrons. The zero-order chi connectivity index (χ0) is 13.7. The first-order valence-corrected chi connectivity index (χ1v) is 5.32. The number of alkyl halides is 2. The number of hydrogen-bond donors (Lipinski definition) is 1. The number of ether oxygens (including phenoxy) is 1. The van der Waals surface area contributed by atoms with Gasteiger partial charge in [0.2, 0.25) is 0 Å². The molecule has 0 saturated heterocycles. The van der Waals surface area contributed by atoms with Gasteiger partial charge in [0, 0.05) is 10.0 Å². The Morgan fingerprint density at radius 2 is 2.22 bits per heavy atom. The number of carboxylic acid groups (broad SMARTS) is 1. The standard InChI is InChI=1S/C11H6BrF2NO3/c12-8-1-2-9(18-11(13)14)6(4-8)3-7(5-15)10(16)17/h1-4,11H,(H,16,17)/b7-3+. The lowest BCUT2D eigenvalue weighted by molar-refractivity contribution is -0.132. The van der Waals surface area contributed by atoms with Gasteiger partial charge in [0.1, 0.15) is 17.4 Å². The molecule has 18 heavy (non-hydrogen) atoms. The molecule has 0 heterocycles. The van der Waals surface area contributed by atoms with Crippen LogP contribution in [0.2, 0.25) is 0 Å². The number of nitrogens with zero attached hydrogens (tertiary/aromatic N) is 1. The van der Waals surface area contributed by atoms with Crippen LogP contribution in [0.15, 0.2) is 28.2 Å². The van der Waals surface area contributed by atoms with Gasteiger partial charge in [-0.2, -0.15) is 14.0 Å². The second kappa shape index (κ2) is 6.12. The summed E-state index contributed by atoms with van der Waals surface area (Å²) < 4.78 is 29.1. The van der Waals surface area contributed by atoms with Gasteiger partial charge < -0.3 is 9.84 Å². The fourth-order valence-corrected chi connectivity index (χ4v) is 1.51. The molecule has 1 rings (SSSR count). The van der Waals surface area contributed by atoms with Crippen LogP contribution in [-0.2, 0) is 4.79 Å². The Bertz CT molecular complexity index is 538. The molecule has 1 aromatic carbocycles. The highest BCUT2D eigenvalue weighted by Crippen LogP contribution is 2.26. The predicted molar refractivity (Wildman–Crippen MR) is 62.0 cm³/mol. The number of halogens is 3. The number of hydrogen-bond acceptors (Lipinski definition) is 3. The first-order valence-electron chi connectivity index (χ1n) is 4.53. The van der Waals surface area contributed by atoms with Crippen LogP contribution in [0.4, 0.5) is 8.78 Å². The Labute approximate surface area is 109 Å². The minimum atomic E-state index is -3.03. The lowest BCUT2D eigenvalue weighted by Crippen LogP contribution is -2.04. The van der Waals surface area contributed by atoms with Crippen molar-refractivity contribution in [2.45, 2.75) is 6.61 Å². The van der Waals surface area contributed by atoms with Crippen LogP contribution in [0.5, 0.6) is 5.75 Å². The van der Waals surface area contributed by atoms with Gasteiger partial charge in [0.15, 0.2) is 0 Å². The molecule has 0 unspecified atom stereocenters. The summed E-state index contributed by atoms with van der Waals surface area (Å²) in [4.78, 5) is 10.7. The van der Waals surface area contributed by atoms with E-state index >= 15 is 0 Å². The number of nitriles is 1. The number of carbonyl (C=O) groups is 1. The fraction of sp³-hybridized carbons (Fsp3) is 0.0909. The molecule has 0 aliphatic rings. The lowest BCUT2D eigenvalue weighted by atomic mass is 10.1. The van der Waals surface area contributed by atoms with Crippen LogP contribution in [-0.4, -0.2) is 17.7 Å². The summed E-state index contributed by atoms with van der Waals surface area (Å²) in [6, 6.07) is 5.54. The third-order valence-corrected chi connectivity index (χ3v) is 2.33. The summed E-state index contributed by atoms with van der Waals surface area (Å²) in [5.74, 6) is -1.65. The Kier molecular flexibility index (Phi) is 4.80. The second-order valence-electron chi connectivity index (χ2n) is 3.04.